The summed E-state index contributed by atoms with van der Waals surface area (Å²) in [6, 6.07) is 10.9. The van der Waals surface area contributed by atoms with Gasteiger partial charge in [0.2, 0.25) is 0 Å². The Morgan fingerprint density at radius 3 is 2.88 bits per heavy atom. The average Bonchev–Trinajstić information content (AvgIpc) is 2.33. The predicted molar refractivity (Wildman–Crippen MR) is 71.2 cm³/mol. The number of hydrogen-bond donors (Lipinski definition) is 1. The van der Waals surface area contributed by atoms with Crippen LogP contribution in [0.25, 0.3) is 10.9 Å². The molecule has 3 heteroatoms. The number of nitrogens with one attached hydrogen (secondary N) is 1. The lowest BCUT2D eigenvalue weighted by molar-refractivity contribution is 0.345. The van der Waals surface area contributed by atoms with Crippen LogP contribution in [-0.4, -0.2) is 16.4 Å². The van der Waals surface area contributed by atoms with Gasteiger partial charge in [0.1, 0.15) is 0 Å². The van der Waals surface area contributed by atoms with Gasteiger partial charge in [-0.15, -0.1) is 11.6 Å². The lowest BCUT2D eigenvalue weighted by Gasteiger charge is -2.31. The monoisotopic (exact) mass is 246 g/mol. The van der Waals surface area contributed by atoms with E-state index >= 15 is 0 Å². The van der Waals surface area contributed by atoms with Crippen molar-refractivity contribution < 1.29 is 0 Å². The van der Waals surface area contributed by atoms with Gasteiger partial charge in [-0.3, -0.25) is 4.98 Å². The fourth-order valence-electron chi connectivity index (χ4n) is 2.28. The van der Waals surface area contributed by atoms with Crippen molar-refractivity contribution in [2.24, 2.45) is 0 Å². The van der Waals surface area contributed by atoms with Gasteiger partial charge >= 0.3 is 0 Å². The molecule has 1 N–H and O–H groups in total. The highest BCUT2D eigenvalue weighted by atomic mass is 35.5. The molecule has 0 bridgehead atoms. The van der Waals surface area contributed by atoms with E-state index in [4.69, 9.17) is 11.6 Å². The summed E-state index contributed by atoms with van der Waals surface area (Å²) in [5.74, 6) is 0. The van der Waals surface area contributed by atoms with Gasteiger partial charge in [-0.2, -0.15) is 0 Å². The molecule has 1 aromatic heterocycles. The molecule has 1 aliphatic carbocycles. The van der Waals surface area contributed by atoms with Crippen LogP contribution >= 0.6 is 11.6 Å². The number of rotatable bonds is 3. The van der Waals surface area contributed by atoms with E-state index in [1.807, 2.05) is 12.3 Å². The van der Waals surface area contributed by atoms with Gasteiger partial charge in [0.05, 0.1) is 5.52 Å². The zero-order valence-corrected chi connectivity index (χ0v) is 10.3. The molecule has 0 radical (unpaired) electrons. The minimum Gasteiger partial charge on any atom is -0.310 e. The van der Waals surface area contributed by atoms with Crippen LogP contribution in [-0.2, 0) is 6.54 Å². The molecule has 1 aromatic carbocycles. The largest absolute Gasteiger partial charge is 0.310 e. The van der Waals surface area contributed by atoms with Gasteiger partial charge < -0.3 is 5.32 Å². The maximum Gasteiger partial charge on any atom is 0.0705 e. The highest BCUT2D eigenvalue weighted by Crippen LogP contribution is 2.26. The van der Waals surface area contributed by atoms with Crippen molar-refractivity contribution in [2.75, 3.05) is 0 Å². The molecule has 2 nitrogen and oxygen atoms in total. The summed E-state index contributed by atoms with van der Waals surface area (Å²) in [7, 11) is 0. The molecule has 3 rings (SSSR count). The quantitative estimate of drug-likeness (QED) is 0.842. The Morgan fingerprint density at radius 2 is 2.06 bits per heavy atom. The Balaban J connectivity index is 1.76. The molecule has 0 amide bonds. The van der Waals surface area contributed by atoms with Gasteiger partial charge in [-0.25, -0.2) is 0 Å². The highest BCUT2D eigenvalue weighted by molar-refractivity contribution is 6.21. The van der Waals surface area contributed by atoms with Gasteiger partial charge in [0.15, 0.2) is 0 Å². The standard InChI is InChI=1S/C14H15ClN2/c15-11-7-12(8-11)17-9-10-5-6-16-14-4-2-1-3-13(10)14/h1-6,11-12,17H,7-9H2. The van der Waals surface area contributed by atoms with E-state index in [0.29, 0.717) is 11.4 Å². The number of pyridine rings is 1. The van der Waals surface area contributed by atoms with E-state index in [-0.39, 0.29) is 0 Å². The molecule has 2 aromatic rings. The average molecular weight is 247 g/mol. The third-order valence-electron chi connectivity index (χ3n) is 3.40. The minimum atomic E-state index is 0.377. The SMILES string of the molecule is ClC1CC(NCc2ccnc3ccccc23)C1. The molecule has 1 saturated carbocycles. The Morgan fingerprint density at radius 1 is 1.24 bits per heavy atom. The van der Waals surface area contributed by atoms with Crippen molar-refractivity contribution in [3.63, 3.8) is 0 Å². The highest BCUT2D eigenvalue weighted by Gasteiger charge is 2.26. The van der Waals surface area contributed by atoms with Gasteiger partial charge in [-0.1, -0.05) is 18.2 Å². The Kier molecular flexibility index (Phi) is 3.00. The zero-order chi connectivity index (χ0) is 11.7. The van der Waals surface area contributed by atoms with Crippen LogP contribution < -0.4 is 5.32 Å². The second-order valence-corrected chi connectivity index (χ2v) is 5.25. The molecule has 0 saturated heterocycles. The molecule has 0 atom stereocenters. The van der Waals surface area contributed by atoms with Gasteiger partial charge in [0.25, 0.3) is 0 Å². The summed E-state index contributed by atoms with van der Waals surface area (Å²) in [6.07, 6.45) is 4.06. The molecule has 1 heterocycles. The molecule has 1 fully saturated rings. The summed E-state index contributed by atoms with van der Waals surface area (Å²) in [5, 5.41) is 5.16. The third-order valence-corrected chi connectivity index (χ3v) is 3.76. The number of nitrogens with zero attached hydrogens (tertiary/aromatic N) is 1. The Labute approximate surface area is 106 Å². The first-order chi connectivity index (χ1) is 8.33. The number of para-hydroxylation sites is 1. The first kappa shape index (κ1) is 11.0. The number of aromatic nitrogens is 1. The van der Waals surface area contributed by atoms with Crippen molar-refractivity contribution >= 4 is 22.5 Å². The van der Waals surface area contributed by atoms with Crippen LogP contribution in [0.1, 0.15) is 18.4 Å². The van der Waals surface area contributed by atoms with Crippen molar-refractivity contribution in [3.8, 4) is 0 Å². The maximum absolute atomic E-state index is 5.97. The van der Waals surface area contributed by atoms with Crippen LogP contribution in [0.5, 0.6) is 0 Å². The van der Waals surface area contributed by atoms with Crippen molar-refractivity contribution in [2.45, 2.75) is 30.8 Å². The molecular formula is C14H15ClN2. The second-order valence-electron chi connectivity index (χ2n) is 4.63. The third kappa shape index (κ3) is 2.28. The maximum atomic E-state index is 5.97. The van der Waals surface area contributed by atoms with Crippen molar-refractivity contribution in [1.82, 2.24) is 10.3 Å². The zero-order valence-electron chi connectivity index (χ0n) is 9.57. The molecule has 0 unspecified atom stereocenters. The first-order valence-corrected chi connectivity index (χ1v) is 6.46. The van der Waals surface area contributed by atoms with E-state index in [1.54, 1.807) is 0 Å². The summed E-state index contributed by atoms with van der Waals surface area (Å²) >= 11 is 5.97. The van der Waals surface area contributed by atoms with E-state index < -0.39 is 0 Å². The summed E-state index contributed by atoms with van der Waals surface area (Å²) in [5.41, 5.74) is 2.38. The minimum absolute atomic E-state index is 0.377. The van der Waals surface area contributed by atoms with Crippen LogP contribution in [0.15, 0.2) is 36.5 Å². The number of halogens is 1. The topological polar surface area (TPSA) is 24.9 Å². The molecule has 0 aliphatic heterocycles. The molecule has 17 heavy (non-hydrogen) atoms. The molecule has 88 valence electrons. The normalized spacial score (nSPS) is 23.6. The van der Waals surface area contributed by atoms with Crippen molar-refractivity contribution in [3.05, 3.63) is 42.1 Å². The summed E-state index contributed by atoms with van der Waals surface area (Å²) in [6.45, 7) is 0.900. The molecular weight excluding hydrogens is 232 g/mol. The molecule has 1 aliphatic rings. The summed E-state index contributed by atoms with van der Waals surface area (Å²) in [4.78, 5) is 4.37. The lowest BCUT2D eigenvalue weighted by Crippen LogP contribution is -2.41. The summed E-state index contributed by atoms with van der Waals surface area (Å²) < 4.78 is 0. The van der Waals surface area contributed by atoms with Crippen LogP contribution in [0.3, 0.4) is 0 Å². The fraction of sp³-hybridized carbons (Fsp3) is 0.357. The van der Waals surface area contributed by atoms with Crippen LogP contribution in [0, 0.1) is 0 Å². The Hall–Kier alpha value is -1.12. The second kappa shape index (κ2) is 4.63. The van der Waals surface area contributed by atoms with E-state index in [0.717, 1.165) is 24.9 Å². The van der Waals surface area contributed by atoms with Gasteiger partial charge in [0, 0.05) is 29.5 Å². The van der Waals surface area contributed by atoms with Gasteiger partial charge in [-0.05, 0) is 30.5 Å². The van der Waals surface area contributed by atoms with Crippen molar-refractivity contribution in [1.29, 1.82) is 0 Å². The van der Waals surface area contributed by atoms with E-state index in [2.05, 4.69) is 34.6 Å². The number of fused-ring (bicyclic) bond motifs is 1. The molecule has 0 spiro atoms. The fourth-order valence-corrected chi connectivity index (χ4v) is 2.71. The smallest absolute Gasteiger partial charge is 0.0705 e. The number of benzene rings is 1. The van der Waals surface area contributed by atoms with E-state index in [1.165, 1.54) is 10.9 Å². The predicted octanol–water partition coefficient (Wildman–Crippen LogP) is 3.09. The Bertz CT molecular complexity index is 515. The number of hydrogen-bond acceptors (Lipinski definition) is 2. The van der Waals surface area contributed by atoms with E-state index in [9.17, 15) is 0 Å². The lowest BCUT2D eigenvalue weighted by atomic mass is 9.92. The van der Waals surface area contributed by atoms with Crippen LogP contribution in [0.2, 0.25) is 0 Å². The first-order valence-electron chi connectivity index (χ1n) is 6.03. The number of alkyl halides is 1. The van der Waals surface area contributed by atoms with Crippen LogP contribution in [0.4, 0.5) is 0 Å².